The molecule has 0 bridgehead atoms. The molecule has 0 radical (unpaired) electrons. The molecule has 0 aromatic heterocycles. The molecule has 0 heterocycles. The summed E-state index contributed by atoms with van der Waals surface area (Å²) in [4.78, 5) is 73.0. The predicted octanol–water partition coefficient (Wildman–Crippen LogP) is 1.16. The van der Waals surface area contributed by atoms with Crippen LogP contribution in [-0.2, 0) is 33.5 Å². The SMILES string of the molecule is C=CCOC(=O)CCC(=O)NCCC(=O)NC(C(=O)NC(C)C(=O)NC(CC(C)C)C(C)=O)C(C)CC. The van der Waals surface area contributed by atoms with Gasteiger partial charge in [-0.05, 0) is 32.1 Å². The molecule has 0 aliphatic rings. The topological polar surface area (TPSA) is 160 Å². The third kappa shape index (κ3) is 14.8. The summed E-state index contributed by atoms with van der Waals surface area (Å²) in [7, 11) is 0. The third-order valence-electron chi connectivity index (χ3n) is 5.67. The number of esters is 1. The summed E-state index contributed by atoms with van der Waals surface area (Å²) in [6, 6.07) is -2.44. The zero-order valence-corrected chi connectivity index (χ0v) is 23.0. The first-order valence-corrected chi connectivity index (χ1v) is 12.8. The highest BCUT2D eigenvalue weighted by Crippen LogP contribution is 2.10. The van der Waals surface area contributed by atoms with Crippen LogP contribution in [-0.4, -0.2) is 66.7 Å². The van der Waals surface area contributed by atoms with E-state index in [1.165, 1.54) is 19.9 Å². The molecule has 11 heteroatoms. The van der Waals surface area contributed by atoms with Crippen molar-refractivity contribution in [2.24, 2.45) is 11.8 Å². The summed E-state index contributed by atoms with van der Waals surface area (Å²) in [5, 5.41) is 10.5. The minimum Gasteiger partial charge on any atom is -0.461 e. The summed E-state index contributed by atoms with van der Waals surface area (Å²) in [6.07, 6.45) is 2.28. The second kappa shape index (κ2) is 18.1. The number of Topliss-reactive ketones (excluding diaryl/α,β-unsaturated/α-hetero) is 1. The van der Waals surface area contributed by atoms with Crippen LogP contribution in [0, 0.1) is 11.8 Å². The Labute approximate surface area is 219 Å². The van der Waals surface area contributed by atoms with Crippen LogP contribution in [0.3, 0.4) is 0 Å². The molecule has 0 aliphatic heterocycles. The van der Waals surface area contributed by atoms with Gasteiger partial charge < -0.3 is 26.0 Å². The number of carbonyl (C=O) groups excluding carboxylic acids is 6. The van der Waals surface area contributed by atoms with Crippen molar-refractivity contribution in [3.63, 3.8) is 0 Å². The van der Waals surface area contributed by atoms with E-state index in [1.807, 2.05) is 20.8 Å². The van der Waals surface area contributed by atoms with Gasteiger partial charge in [-0.1, -0.05) is 46.8 Å². The second-order valence-electron chi connectivity index (χ2n) is 9.53. The molecular weight excluding hydrogens is 480 g/mol. The van der Waals surface area contributed by atoms with Crippen LogP contribution >= 0.6 is 0 Å². The smallest absolute Gasteiger partial charge is 0.306 e. The van der Waals surface area contributed by atoms with Crippen LogP contribution in [0.1, 0.15) is 73.6 Å². The largest absolute Gasteiger partial charge is 0.461 e. The zero-order valence-electron chi connectivity index (χ0n) is 23.0. The molecule has 4 atom stereocenters. The first-order valence-electron chi connectivity index (χ1n) is 12.8. The minimum atomic E-state index is -0.914. The quantitative estimate of drug-likeness (QED) is 0.155. The van der Waals surface area contributed by atoms with Crippen molar-refractivity contribution in [1.82, 2.24) is 21.3 Å². The van der Waals surface area contributed by atoms with Gasteiger partial charge in [0.2, 0.25) is 23.6 Å². The molecule has 0 fully saturated rings. The molecule has 0 aliphatic carbocycles. The fraction of sp³-hybridized carbons (Fsp3) is 0.692. The van der Waals surface area contributed by atoms with Crippen molar-refractivity contribution >= 4 is 35.4 Å². The molecule has 0 spiro atoms. The highest BCUT2D eigenvalue weighted by Gasteiger charge is 2.29. The standard InChI is InChI=1S/C26H44N4O7/c1-8-14-37-23(34)11-10-21(32)27-13-12-22(33)30-24(17(5)9-2)26(36)28-18(6)25(35)29-20(19(7)31)15-16(3)4/h8,16-18,20,24H,1,9-15H2,2-7H3,(H,27,32)(H,28,36)(H,29,35)(H,30,33). The van der Waals surface area contributed by atoms with Gasteiger partial charge in [0.05, 0.1) is 12.5 Å². The lowest BCUT2D eigenvalue weighted by Crippen LogP contribution is -2.56. The summed E-state index contributed by atoms with van der Waals surface area (Å²) >= 11 is 0. The van der Waals surface area contributed by atoms with Crippen LogP contribution in [0.4, 0.5) is 0 Å². The van der Waals surface area contributed by atoms with Gasteiger partial charge in [-0.25, -0.2) is 0 Å². The number of ether oxygens (including phenoxy) is 1. The Morgan fingerprint density at radius 3 is 2.05 bits per heavy atom. The van der Waals surface area contributed by atoms with E-state index in [1.54, 1.807) is 6.92 Å². The average Bonchev–Trinajstić information content (AvgIpc) is 2.83. The van der Waals surface area contributed by atoms with Gasteiger partial charge in [0.25, 0.3) is 0 Å². The Kier molecular flexibility index (Phi) is 16.5. The van der Waals surface area contributed by atoms with E-state index >= 15 is 0 Å². The van der Waals surface area contributed by atoms with E-state index in [2.05, 4.69) is 27.8 Å². The lowest BCUT2D eigenvalue weighted by Gasteiger charge is -2.26. The van der Waals surface area contributed by atoms with Gasteiger partial charge in [0.15, 0.2) is 5.78 Å². The fourth-order valence-corrected chi connectivity index (χ4v) is 3.25. The lowest BCUT2D eigenvalue weighted by atomic mass is 9.97. The average molecular weight is 525 g/mol. The van der Waals surface area contributed by atoms with Crippen molar-refractivity contribution in [3.05, 3.63) is 12.7 Å². The molecule has 37 heavy (non-hydrogen) atoms. The maximum absolute atomic E-state index is 12.9. The molecule has 0 aromatic rings. The molecule has 0 saturated carbocycles. The lowest BCUT2D eigenvalue weighted by molar-refractivity contribution is -0.143. The van der Waals surface area contributed by atoms with Crippen LogP contribution in [0.15, 0.2) is 12.7 Å². The minimum absolute atomic E-state index is 0.0301. The fourth-order valence-electron chi connectivity index (χ4n) is 3.25. The van der Waals surface area contributed by atoms with Crippen molar-refractivity contribution < 1.29 is 33.5 Å². The molecule has 210 valence electrons. The molecule has 0 rings (SSSR count). The van der Waals surface area contributed by atoms with Gasteiger partial charge in [-0.2, -0.15) is 0 Å². The summed E-state index contributed by atoms with van der Waals surface area (Å²) < 4.78 is 4.79. The molecule has 4 N–H and O–H groups in total. The Morgan fingerprint density at radius 2 is 1.51 bits per heavy atom. The van der Waals surface area contributed by atoms with Crippen molar-refractivity contribution in [3.8, 4) is 0 Å². The number of carbonyl (C=O) groups is 6. The summed E-state index contributed by atoms with van der Waals surface area (Å²) in [6.45, 7) is 14.0. The number of amides is 4. The molecule has 4 amide bonds. The van der Waals surface area contributed by atoms with Crippen molar-refractivity contribution in [2.75, 3.05) is 13.2 Å². The van der Waals surface area contributed by atoms with Crippen LogP contribution in [0.25, 0.3) is 0 Å². The Hall–Kier alpha value is -3.24. The third-order valence-corrected chi connectivity index (χ3v) is 5.67. The van der Waals surface area contributed by atoms with Crippen LogP contribution < -0.4 is 21.3 Å². The van der Waals surface area contributed by atoms with Gasteiger partial charge >= 0.3 is 5.97 Å². The number of hydrogen-bond acceptors (Lipinski definition) is 7. The Morgan fingerprint density at radius 1 is 0.865 bits per heavy atom. The molecular formula is C26H44N4O7. The number of nitrogens with one attached hydrogen (secondary N) is 4. The van der Waals surface area contributed by atoms with E-state index in [0.29, 0.717) is 12.8 Å². The van der Waals surface area contributed by atoms with E-state index in [-0.39, 0.29) is 50.0 Å². The van der Waals surface area contributed by atoms with E-state index in [4.69, 9.17) is 4.74 Å². The van der Waals surface area contributed by atoms with Crippen molar-refractivity contribution in [2.45, 2.75) is 91.8 Å². The first-order chi connectivity index (χ1) is 17.3. The van der Waals surface area contributed by atoms with Crippen LogP contribution in [0.5, 0.6) is 0 Å². The van der Waals surface area contributed by atoms with E-state index in [9.17, 15) is 28.8 Å². The highest BCUT2D eigenvalue weighted by molar-refractivity contribution is 5.94. The molecule has 11 nitrogen and oxygen atoms in total. The predicted molar refractivity (Wildman–Crippen MR) is 139 cm³/mol. The second-order valence-corrected chi connectivity index (χ2v) is 9.53. The maximum atomic E-state index is 12.9. The number of ketones is 1. The maximum Gasteiger partial charge on any atom is 0.306 e. The van der Waals surface area contributed by atoms with Gasteiger partial charge in [-0.15, -0.1) is 0 Å². The van der Waals surface area contributed by atoms with E-state index in [0.717, 1.165) is 0 Å². The normalized spacial score (nSPS) is 13.9. The highest BCUT2D eigenvalue weighted by atomic mass is 16.5. The number of hydrogen-bond donors (Lipinski definition) is 4. The van der Waals surface area contributed by atoms with Gasteiger partial charge in [0, 0.05) is 19.4 Å². The first kappa shape index (κ1) is 33.8. The van der Waals surface area contributed by atoms with Gasteiger partial charge in [-0.3, -0.25) is 28.8 Å². The molecule has 0 aromatic carbocycles. The van der Waals surface area contributed by atoms with Gasteiger partial charge in [0.1, 0.15) is 18.7 Å². The molecule has 0 saturated heterocycles. The summed E-state index contributed by atoms with van der Waals surface area (Å²) in [5.41, 5.74) is 0. The summed E-state index contributed by atoms with van der Waals surface area (Å²) in [5.74, 6) is -2.55. The van der Waals surface area contributed by atoms with Crippen molar-refractivity contribution in [1.29, 1.82) is 0 Å². The Bertz CT molecular complexity index is 813. The number of rotatable bonds is 18. The monoisotopic (exact) mass is 524 g/mol. The molecule has 4 unspecified atom stereocenters. The van der Waals surface area contributed by atoms with Crippen LogP contribution in [0.2, 0.25) is 0 Å². The van der Waals surface area contributed by atoms with E-state index < -0.39 is 47.7 Å². The Balaban J connectivity index is 4.80. The zero-order chi connectivity index (χ0) is 28.5.